The molecule has 0 saturated heterocycles. The van der Waals surface area contributed by atoms with Crippen molar-refractivity contribution in [1.29, 1.82) is 0 Å². The Morgan fingerprint density at radius 2 is 1.77 bits per heavy atom. The Balaban J connectivity index is 1.67. The highest BCUT2D eigenvalue weighted by molar-refractivity contribution is 5.69. The van der Waals surface area contributed by atoms with Crippen molar-refractivity contribution >= 4 is 5.97 Å². The smallest absolute Gasteiger partial charge is 0.305 e. The van der Waals surface area contributed by atoms with E-state index in [-0.39, 0.29) is 44.0 Å². The number of hydrogen-bond acceptors (Lipinski definition) is 7. The minimum absolute atomic E-state index is 0.0150. The summed E-state index contributed by atoms with van der Waals surface area (Å²) >= 11 is 0. The lowest BCUT2D eigenvalue weighted by Gasteiger charge is -2.23. The molecule has 1 aromatic carbocycles. The molecule has 0 amide bonds. The van der Waals surface area contributed by atoms with Gasteiger partial charge in [0, 0.05) is 11.8 Å². The number of carbonyl (C=O) groups is 1. The molecule has 1 fully saturated rings. The molecule has 2 rings (SSSR count). The summed E-state index contributed by atoms with van der Waals surface area (Å²) < 4.78 is 5.14. The molecule has 0 bridgehead atoms. The molecule has 0 heterocycles. The lowest BCUT2D eigenvalue weighted by Crippen LogP contribution is -2.32. The minimum Gasteiger partial charge on any atom is -0.465 e. The third-order valence-corrected chi connectivity index (χ3v) is 7.14. The number of ether oxygens (including phenoxy) is 1. The third-order valence-electron chi connectivity index (χ3n) is 7.14. The van der Waals surface area contributed by atoms with Crippen LogP contribution in [0.5, 0.6) is 0 Å². The van der Waals surface area contributed by atoms with Crippen molar-refractivity contribution in [2.24, 2.45) is 17.3 Å². The zero-order chi connectivity index (χ0) is 25.7. The Kier molecular flexibility index (Phi) is 12.9. The molecule has 1 aliphatic carbocycles. The van der Waals surface area contributed by atoms with E-state index in [4.69, 9.17) is 4.74 Å². The first-order chi connectivity index (χ1) is 16.8. The fraction of sp³-hybridized carbons (Fsp3) is 0.679. The summed E-state index contributed by atoms with van der Waals surface area (Å²) in [5, 5.41) is 49.8. The fourth-order valence-corrected chi connectivity index (χ4v) is 4.62. The highest BCUT2D eigenvalue weighted by Crippen LogP contribution is 2.38. The number of aryl methyl sites for hydroxylation is 1. The Morgan fingerprint density at radius 1 is 1.09 bits per heavy atom. The van der Waals surface area contributed by atoms with Gasteiger partial charge in [0.2, 0.25) is 0 Å². The van der Waals surface area contributed by atoms with E-state index in [0.717, 1.165) is 6.42 Å². The Labute approximate surface area is 209 Å². The normalized spacial score (nSPS) is 23.6. The second-order valence-electron chi connectivity index (χ2n) is 10.3. The molecule has 1 aromatic rings. The Bertz CT molecular complexity index is 747. The number of aliphatic hydroxyl groups excluding tert-OH is 5. The van der Waals surface area contributed by atoms with E-state index in [1.807, 2.05) is 30.4 Å². The molecular formula is C28H44O7. The second-order valence-corrected chi connectivity index (χ2v) is 10.3. The second kappa shape index (κ2) is 15.4. The van der Waals surface area contributed by atoms with Crippen LogP contribution in [0.1, 0.15) is 63.9 Å². The van der Waals surface area contributed by atoms with Crippen LogP contribution in [-0.2, 0) is 16.0 Å². The highest BCUT2D eigenvalue weighted by atomic mass is 16.5. The van der Waals surface area contributed by atoms with Crippen molar-refractivity contribution in [2.45, 2.75) is 83.0 Å². The number of rotatable bonds is 16. The average Bonchev–Trinajstić information content (AvgIpc) is 3.14. The van der Waals surface area contributed by atoms with Gasteiger partial charge in [-0.05, 0) is 68.8 Å². The topological polar surface area (TPSA) is 127 Å². The minimum atomic E-state index is -0.823. The van der Waals surface area contributed by atoms with Gasteiger partial charge in [-0.2, -0.15) is 0 Å². The molecule has 5 unspecified atom stereocenters. The summed E-state index contributed by atoms with van der Waals surface area (Å²) in [6, 6.07) is 10.1. The average molecular weight is 493 g/mol. The van der Waals surface area contributed by atoms with Gasteiger partial charge >= 0.3 is 5.97 Å². The van der Waals surface area contributed by atoms with E-state index in [1.165, 1.54) is 5.56 Å². The van der Waals surface area contributed by atoms with Gasteiger partial charge in [0.25, 0.3) is 0 Å². The van der Waals surface area contributed by atoms with Gasteiger partial charge < -0.3 is 30.3 Å². The van der Waals surface area contributed by atoms with Crippen molar-refractivity contribution in [3.05, 3.63) is 48.0 Å². The van der Waals surface area contributed by atoms with Crippen LogP contribution in [0.25, 0.3) is 0 Å². The first-order valence-corrected chi connectivity index (χ1v) is 12.9. The number of esters is 1. The molecule has 0 aliphatic heterocycles. The molecule has 1 saturated carbocycles. The van der Waals surface area contributed by atoms with Crippen LogP contribution in [0.3, 0.4) is 0 Å². The predicted molar refractivity (Wildman–Crippen MR) is 134 cm³/mol. The first kappa shape index (κ1) is 29.5. The van der Waals surface area contributed by atoms with Crippen LogP contribution in [-0.4, -0.2) is 69.6 Å². The SMILES string of the molecule is CC(CO)(CO)COC(=O)CCCC=CCC1C(O)CC(O)C1CCC(O)CCc1ccccc1. The summed E-state index contributed by atoms with van der Waals surface area (Å²) in [5.41, 5.74) is 0.379. The van der Waals surface area contributed by atoms with Crippen LogP contribution < -0.4 is 0 Å². The summed E-state index contributed by atoms with van der Waals surface area (Å²) in [6.07, 6.45) is 7.84. The predicted octanol–water partition coefficient (Wildman–Crippen LogP) is 2.77. The molecular weight excluding hydrogens is 448 g/mol. The molecule has 198 valence electrons. The van der Waals surface area contributed by atoms with E-state index < -0.39 is 23.7 Å². The number of aliphatic hydroxyl groups is 5. The fourth-order valence-electron chi connectivity index (χ4n) is 4.62. The first-order valence-electron chi connectivity index (χ1n) is 12.9. The van der Waals surface area contributed by atoms with Crippen molar-refractivity contribution in [2.75, 3.05) is 19.8 Å². The van der Waals surface area contributed by atoms with E-state index in [9.17, 15) is 30.3 Å². The monoisotopic (exact) mass is 492 g/mol. The number of allylic oxidation sites excluding steroid dienone is 2. The van der Waals surface area contributed by atoms with Gasteiger partial charge in [-0.25, -0.2) is 0 Å². The maximum absolute atomic E-state index is 11.8. The molecule has 5 atom stereocenters. The van der Waals surface area contributed by atoms with Crippen LogP contribution in [0.15, 0.2) is 42.5 Å². The van der Waals surface area contributed by atoms with Crippen LogP contribution in [0.4, 0.5) is 0 Å². The van der Waals surface area contributed by atoms with Crippen molar-refractivity contribution in [3.8, 4) is 0 Å². The van der Waals surface area contributed by atoms with Gasteiger partial charge in [0.05, 0.1) is 31.5 Å². The van der Waals surface area contributed by atoms with Crippen molar-refractivity contribution in [1.82, 2.24) is 0 Å². The van der Waals surface area contributed by atoms with Gasteiger partial charge in [0.1, 0.15) is 6.61 Å². The van der Waals surface area contributed by atoms with E-state index in [2.05, 4.69) is 12.1 Å². The van der Waals surface area contributed by atoms with E-state index in [0.29, 0.717) is 44.9 Å². The molecule has 5 N–H and O–H groups in total. The largest absolute Gasteiger partial charge is 0.465 e. The van der Waals surface area contributed by atoms with Crippen LogP contribution >= 0.6 is 0 Å². The molecule has 1 aliphatic rings. The summed E-state index contributed by atoms with van der Waals surface area (Å²) in [5.74, 6) is -0.433. The van der Waals surface area contributed by atoms with Gasteiger partial charge in [-0.15, -0.1) is 0 Å². The summed E-state index contributed by atoms with van der Waals surface area (Å²) in [6.45, 7) is 1.12. The van der Waals surface area contributed by atoms with Gasteiger partial charge in [0.15, 0.2) is 0 Å². The lowest BCUT2D eigenvalue weighted by atomic mass is 9.85. The zero-order valence-electron chi connectivity index (χ0n) is 21.0. The number of benzene rings is 1. The zero-order valence-corrected chi connectivity index (χ0v) is 21.0. The van der Waals surface area contributed by atoms with E-state index >= 15 is 0 Å². The third kappa shape index (κ3) is 10.4. The molecule has 0 spiro atoms. The maximum atomic E-state index is 11.8. The molecule has 7 heteroatoms. The lowest BCUT2D eigenvalue weighted by molar-refractivity contribution is -0.149. The van der Waals surface area contributed by atoms with Crippen LogP contribution in [0.2, 0.25) is 0 Å². The summed E-state index contributed by atoms with van der Waals surface area (Å²) in [7, 11) is 0. The molecule has 7 nitrogen and oxygen atoms in total. The number of hydrogen-bond donors (Lipinski definition) is 5. The highest BCUT2D eigenvalue weighted by Gasteiger charge is 2.40. The van der Waals surface area contributed by atoms with Gasteiger partial charge in [-0.3, -0.25) is 4.79 Å². The van der Waals surface area contributed by atoms with Gasteiger partial charge in [-0.1, -0.05) is 49.4 Å². The van der Waals surface area contributed by atoms with E-state index in [1.54, 1.807) is 6.92 Å². The standard InChI is InChI=1S/C28H44O7/c1-28(18-29,19-30)20-35-27(34)12-8-3-2-7-11-23-24(26(33)17-25(23)32)16-15-22(31)14-13-21-9-5-4-6-10-21/h2,4-7,9-10,22-26,29-33H,3,8,11-20H2,1H3. The number of carbonyl (C=O) groups excluding carboxylic acids is 1. The molecule has 0 aromatic heterocycles. The van der Waals surface area contributed by atoms with Crippen molar-refractivity contribution < 1.29 is 35.1 Å². The Morgan fingerprint density at radius 3 is 2.46 bits per heavy atom. The molecule has 35 heavy (non-hydrogen) atoms. The maximum Gasteiger partial charge on any atom is 0.305 e. The van der Waals surface area contributed by atoms with Crippen molar-refractivity contribution in [3.63, 3.8) is 0 Å². The quantitative estimate of drug-likeness (QED) is 0.136. The summed E-state index contributed by atoms with van der Waals surface area (Å²) in [4.78, 5) is 11.8. The van der Waals surface area contributed by atoms with Crippen LogP contribution in [0, 0.1) is 17.3 Å². The Hall–Kier alpha value is -1.77. The number of unbranched alkanes of at least 4 members (excludes halogenated alkanes) is 1. The molecule has 0 radical (unpaired) electrons.